The molecular formula is C18H16B3O8. The molecule has 0 atom stereocenters. The van der Waals surface area contributed by atoms with Crippen LogP contribution in [0.25, 0.3) is 0 Å². The topological polar surface area (TPSA) is 132 Å². The summed E-state index contributed by atoms with van der Waals surface area (Å²) in [4.78, 5) is 53.6. The van der Waals surface area contributed by atoms with E-state index in [-0.39, 0.29) is 26.7 Å². The molecule has 11 heteroatoms. The van der Waals surface area contributed by atoms with Crippen molar-refractivity contribution in [1.29, 1.82) is 0 Å². The van der Waals surface area contributed by atoms with E-state index in [9.17, 15) is 9.59 Å². The Balaban J connectivity index is -0.000000156. The second-order valence-corrected chi connectivity index (χ2v) is 4.20. The predicted octanol–water partition coefficient (Wildman–Crippen LogP) is 0.857. The number of carbonyl (C=O) groups is 2. The van der Waals surface area contributed by atoms with Crippen LogP contribution in [0, 0.1) is 6.92 Å². The number of esters is 1. The Bertz CT molecular complexity index is 743. The van der Waals surface area contributed by atoms with E-state index in [4.69, 9.17) is 24.3 Å². The number of hydrogen-bond acceptors (Lipinski definition) is 7. The van der Waals surface area contributed by atoms with Gasteiger partial charge in [0.1, 0.15) is 0 Å². The fourth-order valence-electron chi connectivity index (χ4n) is 1.47. The molecule has 1 N–H and O–H groups in total. The number of aromatic carboxylic acids is 1. The quantitative estimate of drug-likeness (QED) is 0.587. The third-order valence-corrected chi connectivity index (χ3v) is 2.46. The normalized spacial score (nSPS) is 6.97. The lowest BCUT2D eigenvalue weighted by Crippen LogP contribution is -2.00. The van der Waals surface area contributed by atoms with Crippen molar-refractivity contribution in [3.05, 3.63) is 71.3 Å². The summed E-state index contributed by atoms with van der Waals surface area (Å²) < 4.78 is 4.55. The van der Waals surface area contributed by atoms with Gasteiger partial charge in [0.05, 0.1) is 18.2 Å². The minimum atomic E-state index is -0.879. The van der Waals surface area contributed by atoms with Crippen molar-refractivity contribution in [2.75, 3.05) is 7.11 Å². The minimum Gasteiger partial charge on any atom is -0.478 e. The maximum Gasteiger partial charge on any atom is 0.373 e. The molecule has 29 heavy (non-hydrogen) atoms. The van der Waals surface area contributed by atoms with Crippen LogP contribution in [-0.4, -0.2) is 60.3 Å². The number of methoxy groups -OCH3 is 1. The van der Waals surface area contributed by atoms with Crippen molar-refractivity contribution in [3.8, 4) is 0 Å². The summed E-state index contributed by atoms with van der Waals surface area (Å²) in [5, 5.41) is 8.38. The van der Waals surface area contributed by atoms with Crippen LogP contribution in [-0.2, 0) is 23.9 Å². The van der Waals surface area contributed by atoms with Crippen LogP contribution in [0.5, 0.6) is 0 Å². The molecule has 0 fully saturated rings. The van der Waals surface area contributed by atoms with Crippen molar-refractivity contribution >= 4 is 48.1 Å². The standard InChI is InChI=1S/C9H10O2.C7H6O2.2CO2.B2.B/c1-7-4-3-5-8(6-7)9(10)11-2;8-7(9)6-4-2-1-3-5-6;2*2-1-3;1-2;/h3-6H,1-2H3;1-5H,(H,8,9);;;;. The van der Waals surface area contributed by atoms with Crippen molar-refractivity contribution < 1.29 is 38.6 Å². The maximum absolute atomic E-state index is 10.9. The van der Waals surface area contributed by atoms with Crippen LogP contribution in [0.3, 0.4) is 0 Å². The lowest BCUT2D eigenvalue weighted by Gasteiger charge is -1.98. The van der Waals surface area contributed by atoms with Gasteiger partial charge in [0.15, 0.2) is 0 Å². The van der Waals surface area contributed by atoms with E-state index >= 15 is 0 Å². The van der Waals surface area contributed by atoms with Crippen molar-refractivity contribution in [2.45, 2.75) is 6.92 Å². The van der Waals surface area contributed by atoms with Gasteiger partial charge in [-0.15, -0.1) is 0 Å². The number of ether oxygens (including phenoxy) is 1. The first-order chi connectivity index (χ1) is 13.4. The highest BCUT2D eigenvalue weighted by molar-refractivity contribution is 6.75. The second-order valence-electron chi connectivity index (χ2n) is 4.20. The van der Waals surface area contributed by atoms with E-state index in [1.54, 1.807) is 42.5 Å². The van der Waals surface area contributed by atoms with E-state index < -0.39 is 5.97 Å². The lowest BCUT2D eigenvalue weighted by molar-refractivity contribution is -0.193. The van der Waals surface area contributed by atoms with Gasteiger partial charge < -0.3 is 9.84 Å². The molecule has 0 saturated carbocycles. The molecule has 0 aromatic heterocycles. The zero-order valence-electron chi connectivity index (χ0n) is 15.7. The van der Waals surface area contributed by atoms with Gasteiger partial charge in [0.25, 0.3) is 0 Å². The molecule has 0 saturated heterocycles. The molecule has 2 aromatic carbocycles. The SMILES string of the molecule is COC(=O)c1cccc(C)c1.O=C(O)c1ccccc1.O=C=O.O=C=O.[B].[B][B]. The van der Waals surface area contributed by atoms with Crippen molar-refractivity contribution in [1.82, 2.24) is 0 Å². The number of hydrogen-bond donors (Lipinski definition) is 1. The highest BCUT2D eigenvalue weighted by Gasteiger charge is 2.02. The van der Waals surface area contributed by atoms with Crippen molar-refractivity contribution in [2.24, 2.45) is 0 Å². The number of carbonyl (C=O) groups excluding carboxylic acids is 5. The molecule has 2 rings (SSSR count). The first-order valence-electron chi connectivity index (χ1n) is 7.13. The van der Waals surface area contributed by atoms with Gasteiger partial charge in [0, 0.05) is 23.9 Å². The van der Waals surface area contributed by atoms with Crippen LogP contribution < -0.4 is 0 Å². The second kappa shape index (κ2) is 24.3. The first-order valence-corrected chi connectivity index (χ1v) is 7.13. The summed E-state index contributed by atoms with van der Waals surface area (Å²) in [6, 6.07) is 15.6. The Morgan fingerprint density at radius 3 is 1.59 bits per heavy atom. The van der Waals surface area contributed by atoms with E-state index in [0.29, 0.717) is 11.1 Å². The molecule has 0 aliphatic heterocycles. The van der Waals surface area contributed by atoms with Gasteiger partial charge in [-0.1, -0.05) is 35.9 Å². The Morgan fingerprint density at radius 1 is 0.862 bits per heavy atom. The highest BCUT2D eigenvalue weighted by Crippen LogP contribution is 2.04. The van der Waals surface area contributed by atoms with Gasteiger partial charge in [-0.05, 0) is 31.2 Å². The number of rotatable bonds is 2. The number of aryl methyl sites for hydroxylation is 1. The Labute approximate surface area is 172 Å². The monoisotopic (exact) mass is 393 g/mol. The van der Waals surface area contributed by atoms with Gasteiger partial charge in [-0.2, -0.15) is 19.2 Å². The smallest absolute Gasteiger partial charge is 0.373 e. The zero-order chi connectivity index (χ0) is 22.4. The Kier molecular flexibility index (Phi) is 27.7. The average molecular weight is 393 g/mol. The van der Waals surface area contributed by atoms with Gasteiger partial charge >= 0.3 is 24.2 Å². The molecule has 0 aliphatic rings. The largest absolute Gasteiger partial charge is 0.478 e. The number of benzene rings is 2. The first kappa shape index (κ1) is 33.0. The molecule has 7 radical (unpaired) electrons. The summed E-state index contributed by atoms with van der Waals surface area (Å²) >= 11 is 0. The Hall–Kier alpha value is -3.67. The fourth-order valence-corrected chi connectivity index (χ4v) is 1.47. The maximum atomic E-state index is 10.9. The molecule has 2 aromatic rings. The molecule has 0 heterocycles. The molecule has 145 valence electrons. The van der Waals surface area contributed by atoms with Crippen molar-refractivity contribution in [3.63, 3.8) is 0 Å². The molecule has 0 aliphatic carbocycles. The lowest BCUT2D eigenvalue weighted by atomic mass is 9.81. The van der Waals surface area contributed by atoms with Crippen LogP contribution in [0.2, 0.25) is 0 Å². The summed E-state index contributed by atoms with van der Waals surface area (Å²) in [6.45, 7) is 1.94. The van der Waals surface area contributed by atoms with Crippen LogP contribution in [0.1, 0.15) is 26.3 Å². The Morgan fingerprint density at radius 2 is 1.28 bits per heavy atom. The minimum absolute atomic E-state index is 0. The molecule has 0 bridgehead atoms. The molecule has 0 amide bonds. The number of carboxylic acid groups (broad SMARTS) is 1. The predicted molar refractivity (Wildman–Crippen MR) is 103 cm³/mol. The van der Waals surface area contributed by atoms with E-state index in [1.807, 2.05) is 19.1 Å². The third-order valence-electron chi connectivity index (χ3n) is 2.46. The molecular weight excluding hydrogens is 377 g/mol. The van der Waals surface area contributed by atoms with Gasteiger partial charge in [-0.25, -0.2) is 9.59 Å². The molecule has 0 unspecified atom stereocenters. The van der Waals surface area contributed by atoms with E-state index in [2.05, 4.69) is 20.2 Å². The van der Waals surface area contributed by atoms with Crippen LogP contribution in [0.15, 0.2) is 54.6 Å². The van der Waals surface area contributed by atoms with Gasteiger partial charge in [0.2, 0.25) is 0 Å². The summed E-state index contributed by atoms with van der Waals surface area (Å²) in [6.07, 6.45) is 0.500. The van der Waals surface area contributed by atoms with E-state index in [1.165, 1.54) is 7.11 Å². The fraction of sp³-hybridized carbons (Fsp3) is 0.111. The zero-order valence-corrected chi connectivity index (χ0v) is 15.7. The van der Waals surface area contributed by atoms with Crippen LogP contribution in [0.4, 0.5) is 0 Å². The number of carboxylic acids is 1. The highest BCUT2D eigenvalue weighted by atomic mass is 16.5. The van der Waals surface area contributed by atoms with Gasteiger partial charge in [-0.3, -0.25) is 0 Å². The molecule has 0 spiro atoms. The summed E-state index contributed by atoms with van der Waals surface area (Å²) in [7, 11) is 9.38. The van der Waals surface area contributed by atoms with Crippen LogP contribution >= 0.6 is 0 Å². The molecule has 8 nitrogen and oxygen atoms in total. The summed E-state index contributed by atoms with van der Waals surface area (Å²) in [5.41, 5.74) is 2.00. The third kappa shape index (κ3) is 20.5. The summed E-state index contributed by atoms with van der Waals surface area (Å²) in [5.74, 6) is -1.16. The average Bonchev–Trinajstić information content (AvgIpc) is 2.71. The van der Waals surface area contributed by atoms with E-state index in [0.717, 1.165) is 5.56 Å².